The van der Waals surface area contributed by atoms with Crippen LogP contribution in [0.5, 0.6) is 5.75 Å². The molecule has 1 nitrogen and oxygen atoms in total. The second kappa shape index (κ2) is 9.08. The number of rotatable bonds is 3. The van der Waals surface area contributed by atoms with Crippen LogP contribution in [0.1, 0.15) is 22.6 Å². The molecule has 0 aromatic heterocycles. The minimum Gasteiger partial charge on any atom is -0.872 e. The van der Waals surface area contributed by atoms with Gasteiger partial charge in [-0.1, -0.05) is 59.1 Å². The zero-order valence-corrected chi connectivity index (χ0v) is 17.6. The summed E-state index contributed by atoms with van der Waals surface area (Å²) in [7, 11) is 0. The van der Waals surface area contributed by atoms with Crippen LogP contribution >= 0.6 is 23.2 Å². The van der Waals surface area contributed by atoms with Gasteiger partial charge in [0.2, 0.25) is 0 Å². The fraction of sp³-hybridized carbons (Fsp3) is 0.176. The Morgan fingerprint density at radius 1 is 1.04 bits per heavy atom. The van der Waals surface area contributed by atoms with Crippen molar-refractivity contribution in [2.24, 2.45) is 0 Å². The van der Waals surface area contributed by atoms with Gasteiger partial charge in [0.05, 0.1) is 5.92 Å². The predicted molar refractivity (Wildman–Crippen MR) is 84.9 cm³/mol. The number of alkyl halides is 3. The van der Waals surface area contributed by atoms with Crippen molar-refractivity contribution in [2.45, 2.75) is 19.0 Å². The van der Waals surface area contributed by atoms with Gasteiger partial charge in [-0.15, -0.1) is 5.75 Å². The van der Waals surface area contributed by atoms with Gasteiger partial charge in [0.1, 0.15) is 0 Å². The van der Waals surface area contributed by atoms with Gasteiger partial charge >= 0.3 is 57.6 Å². The minimum absolute atomic E-state index is 0. The average molecular weight is 399 g/mol. The molecule has 0 radical (unpaired) electrons. The van der Waals surface area contributed by atoms with Gasteiger partial charge in [0.15, 0.2) is 0 Å². The average Bonchev–Trinajstić information content (AvgIpc) is 2.40. The van der Waals surface area contributed by atoms with E-state index in [1.54, 1.807) is 6.92 Å². The Kier molecular flexibility index (Phi) is 8.33. The standard InChI is InChI=1S/C17H13Cl2F3O.K/c1-10-6-11(3-5-16(10)23)2-4-15(17(20,21)22)12-7-13(18)9-14(19)8-12;/h2-9,15,23H,1H3;/q;+1/p-1/b4-2+;. The maximum absolute atomic E-state index is 13.3. The van der Waals surface area contributed by atoms with E-state index in [0.29, 0.717) is 11.1 Å². The number of hydrogen-bond donors (Lipinski definition) is 0. The normalized spacial score (nSPS) is 12.9. The molecule has 0 fully saturated rings. The van der Waals surface area contributed by atoms with E-state index in [4.69, 9.17) is 23.2 Å². The molecule has 0 spiro atoms. The molecule has 2 aromatic rings. The van der Waals surface area contributed by atoms with Crippen molar-refractivity contribution in [1.82, 2.24) is 0 Å². The van der Waals surface area contributed by atoms with Gasteiger partial charge in [-0.2, -0.15) is 13.2 Å². The van der Waals surface area contributed by atoms with Gasteiger partial charge in [0, 0.05) is 10.0 Å². The molecule has 0 aliphatic heterocycles. The van der Waals surface area contributed by atoms with Gasteiger partial charge in [0.25, 0.3) is 0 Å². The van der Waals surface area contributed by atoms with Crippen LogP contribution in [0.15, 0.2) is 42.5 Å². The smallest absolute Gasteiger partial charge is 0.872 e. The summed E-state index contributed by atoms with van der Waals surface area (Å²) in [6.07, 6.45) is -2.13. The number of benzene rings is 2. The topological polar surface area (TPSA) is 23.1 Å². The van der Waals surface area contributed by atoms with Crippen LogP contribution in [0.25, 0.3) is 6.08 Å². The number of hydrogen-bond acceptors (Lipinski definition) is 1. The molecular formula is C17H12Cl2F3KO. The molecule has 1 unspecified atom stereocenters. The molecule has 0 aliphatic carbocycles. The monoisotopic (exact) mass is 398 g/mol. The predicted octanol–water partition coefficient (Wildman–Crippen LogP) is 2.74. The van der Waals surface area contributed by atoms with Gasteiger partial charge < -0.3 is 5.11 Å². The third-order valence-corrected chi connectivity index (χ3v) is 3.71. The van der Waals surface area contributed by atoms with Crippen molar-refractivity contribution in [3.8, 4) is 5.75 Å². The molecule has 2 aromatic carbocycles. The van der Waals surface area contributed by atoms with Crippen LogP contribution < -0.4 is 56.5 Å². The zero-order chi connectivity index (χ0) is 17.2. The second-order valence-electron chi connectivity index (χ2n) is 5.11. The van der Waals surface area contributed by atoms with E-state index in [1.165, 1.54) is 42.5 Å². The number of aryl methyl sites for hydroxylation is 1. The molecule has 1 atom stereocenters. The van der Waals surface area contributed by atoms with Crippen molar-refractivity contribution in [3.63, 3.8) is 0 Å². The van der Waals surface area contributed by atoms with E-state index in [-0.39, 0.29) is 72.7 Å². The van der Waals surface area contributed by atoms with Gasteiger partial charge in [-0.05, 0) is 36.2 Å². The van der Waals surface area contributed by atoms with E-state index < -0.39 is 12.1 Å². The zero-order valence-electron chi connectivity index (χ0n) is 13.0. The van der Waals surface area contributed by atoms with E-state index in [0.717, 1.165) is 6.08 Å². The van der Waals surface area contributed by atoms with Crippen LogP contribution in [0.3, 0.4) is 0 Å². The summed E-state index contributed by atoms with van der Waals surface area (Å²) in [5, 5.41) is 11.6. The van der Waals surface area contributed by atoms with Crippen molar-refractivity contribution < 1.29 is 69.7 Å². The van der Waals surface area contributed by atoms with Crippen LogP contribution in [0.4, 0.5) is 13.2 Å². The molecule has 2 rings (SSSR count). The van der Waals surface area contributed by atoms with Crippen LogP contribution in [0.2, 0.25) is 10.0 Å². The summed E-state index contributed by atoms with van der Waals surface area (Å²) in [5.74, 6) is -2.00. The largest absolute Gasteiger partial charge is 1.00 e. The summed E-state index contributed by atoms with van der Waals surface area (Å²) < 4.78 is 40.0. The molecule has 0 aliphatic rings. The summed E-state index contributed by atoms with van der Waals surface area (Å²) in [5.41, 5.74) is 0.953. The number of allylic oxidation sites excluding steroid dienone is 1. The van der Waals surface area contributed by atoms with Crippen molar-refractivity contribution >= 4 is 29.3 Å². The maximum Gasteiger partial charge on any atom is 1.00 e. The first-order valence-electron chi connectivity index (χ1n) is 6.65. The third-order valence-electron chi connectivity index (χ3n) is 3.28. The van der Waals surface area contributed by atoms with Crippen LogP contribution in [0, 0.1) is 6.92 Å². The van der Waals surface area contributed by atoms with Gasteiger partial charge in [-0.25, -0.2) is 0 Å². The summed E-state index contributed by atoms with van der Waals surface area (Å²) in [6, 6.07) is 8.19. The SMILES string of the molecule is Cc1cc(/C=C/C(c2cc(Cl)cc(Cl)c2)C(F)(F)F)ccc1[O-].[K+]. The fourth-order valence-electron chi connectivity index (χ4n) is 2.15. The molecule has 0 saturated carbocycles. The van der Waals surface area contributed by atoms with Crippen LogP contribution in [-0.4, -0.2) is 6.18 Å². The fourth-order valence-corrected chi connectivity index (χ4v) is 2.69. The Morgan fingerprint density at radius 3 is 2.12 bits per heavy atom. The van der Waals surface area contributed by atoms with Gasteiger partial charge in [-0.3, -0.25) is 0 Å². The summed E-state index contributed by atoms with van der Waals surface area (Å²) in [6.45, 7) is 1.61. The molecule has 7 heteroatoms. The first-order valence-corrected chi connectivity index (χ1v) is 7.41. The molecule has 0 N–H and O–H groups in total. The molecule has 122 valence electrons. The second-order valence-corrected chi connectivity index (χ2v) is 5.98. The Morgan fingerprint density at radius 2 is 1.62 bits per heavy atom. The van der Waals surface area contributed by atoms with E-state index in [1.807, 2.05) is 0 Å². The van der Waals surface area contributed by atoms with E-state index in [9.17, 15) is 18.3 Å². The summed E-state index contributed by atoms with van der Waals surface area (Å²) >= 11 is 11.6. The van der Waals surface area contributed by atoms with E-state index >= 15 is 0 Å². The third kappa shape index (κ3) is 6.06. The minimum atomic E-state index is -4.49. The molecule has 24 heavy (non-hydrogen) atoms. The van der Waals surface area contributed by atoms with Crippen molar-refractivity contribution in [2.75, 3.05) is 0 Å². The molecule has 0 saturated heterocycles. The maximum atomic E-state index is 13.3. The summed E-state index contributed by atoms with van der Waals surface area (Å²) in [4.78, 5) is 0. The molecule has 0 heterocycles. The Bertz CT molecular complexity index is 725. The Hall–Kier alpha value is -0.0136. The molecule has 0 amide bonds. The molecule has 0 bridgehead atoms. The van der Waals surface area contributed by atoms with Crippen molar-refractivity contribution in [3.05, 3.63) is 69.2 Å². The van der Waals surface area contributed by atoms with Crippen molar-refractivity contribution in [1.29, 1.82) is 0 Å². The Balaban J connectivity index is 0.00000288. The first kappa shape index (κ1) is 22.0. The number of halogens is 5. The quantitative estimate of drug-likeness (QED) is 0.729. The van der Waals surface area contributed by atoms with E-state index in [2.05, 4.69) is 0 Å². The molecular weight excluding hydrogens is 387 g/mol. The Labute approximate surface area is 190 Å². The first-order chi connectivity index (χ1) is 10.7. The van der Waals surface area contributed by atoms with Crippen LogP contribution in [-0.2, 0) is 0 Å².